The lowest BCUT2D eigenvalue weighted by Crippen LogP contribution is -2.34. The summed E-state index contributed by atoms with van der Waals surface area (Å²) in [5, 5.41) is 0. The Labute approximate surface area is 109 Å². The predicted octanol–water partition coefficient (Wildman–Crippen LogP) is 5.14. The van der Waals surface area contributed by atoms with E-state index in [1.165, 1.54) is 6.42 Å². The summed E-state index contributed by atoms with van der Waals surface area (Å²) in [6.07, 6.45) is 1.30. The van der Waals surface area contributed by atoms with Gasteiger partial charge in [-0.2, -0.15) is 12.6 Å². The summed E-state index contributed by atoms with van der Waals surface area (Å²) in [5.74, 6) is 5.77. The highest BCUT2D eigenvalue weighted by atomic mass is 32.1. The van der Waals surface area contributed by atoms with Crippen LogP contribution >= 0.6 is 12.6 Å². The Bertz CT molecular complexity index is 156. The van der Waals surface area contributed by atoms with Gasteiger partial charge in [-0.25, -0.2) is 0 Å². The van der Waals surface area contributed by atoms with E-state index in [0.717, 1.165) is 41.3 Å². The van der Waals surface area contributed by atoms with Crippen molar-refractivity contribution >= 4 is 12.6 Å². The minimum Gasteiger partial charge on any atom is -0.179 e. The molecule has 0 aromatic carbocycles. The predicted molar refractivity (Wildman–Crippen MR) is 79.1 cm³/mol. The first-order valence-corrected chi connectivity index (χ1v) is 7.60. The molecule has 0 radical (unpaired) electrons. The van der Waals surface area contributed by atoms with E-state index in [4.69, 9.17) is 0 Å². The van der Waals surface area contributed by atoms with Crippen LogP contribution in [0, 0.1) is 35.5 Å². The second-order valence-electron chi connectivity index (χ2n) is 6.23. The Morgan fingerprint density at radius 1 is 0.750 bits per heavy atom. The molecule has 0 aliphatic carbocycles. The van der Waals surface area contributed by atoms with Gasteiger partial charge < -0.3 is 0 Å². The number of rotatable bonds is 7. The summed E-state index contributed by atoms with van der Waals surface area (Å²) in [7, 11) is 0. The van der Waals surface area contributed by atoms with E-state index < -0.39 is 0 Å². The molecule has 98 valence electrons. The van der Waals surface area contributed by atoms with Gasteiger partial charge in [0.2, 0.25) is 0 Å². The minimum atomic E-state index is 0.748. The highest BCUT2D eigenvalue weighted by Crippen LogP contribution is 2.39. The van der Waals surface area contributed by atoms with Gasteiger partial charge in [0, 0.05) is 0 Å². The number of hydrogen-bond acceptors (Lipinski definition) is 1. The van der Waals surface area contributed by atoms with Crippen molar-refractivity contribution in [3.63, 3.8) is 0 Å². The molecular weight excluding hydrogens is 212 g/mol. The van der Waals surface area contributed by atoms with Crippen LogP contribution in [0.2, 0.25) is 0 Å². The third-order valence-electron chi connectivity index (χ3n) is 4.15. The first kappa shape index (κ1) is 16.4. The maximum Gasteiger partial charge on any atom is -0.00642 e. The first-order chi connectivity index (χ1) is 7.36. The van der Waals surface area contributed by atoms with E-state index >= 15 is 0 Å². The fourth-order valence-electron chi connectivity index (χ4n) is 3.27. The second kappa shape index (κ2) is 7.63. The van der Waals surface area contributed by atoms with Gasteiger partial charge >= 0.3 is 0 Å². The van der Waals surface area contributed by atoms with Crippen LogP contribution in [-0.4, -0.2) is 5.75 Å². The molecule has 0 bridgehead atoms. The Hall–Kier alpha value is 0.350. The molecule has 0 rings (SSSR count). The lowest BCUT2D eigenvalue weighted by Gasteiger charge is -2.40. The van der Waals surface area contributed by atoms with E-state index in [1.54, 1.807) is 0 Å². The molecule has 3 unspecified atom stereocenters. The molecule has 0 aromatic rings. The second-order valence-corrected chi connectivity index (χ2v) is 6.59. The van der Waals surface area contributed by atoms with E-state index in [-0.39, 0.29) is 0 Å². The van der Waals surface area contributed by atoms with Crippen LogP contribution in [0.4, 0.5) is 0 Å². The summed E-state index contributed by atoms with van der Waals surface area (Å²) >= 11 is 4.59. The molecule has 1 heteroatoms. The summed E-state index contributed by atoms with van der Waals surface area (Å²) in [5.41, 5.74) is 0. The van der Waals surface area contributed by atoms with Crippen molar-refractivity contribution in [3.05, 3.63) is 0 Å². The molecule has 0 aliphatic rings. The normalized spacial score (nSPS) is 18.2. The summed E-state index contributed by atoms with van der Waals surface area (Å²) in [6, 6.07) is 0. The SMILES string of the molecule is CCC(C(C)C)C(C(C)C)C(CS)C(C)C. The van der Waals surface area contributed by atoms with Crippen molar-refractivity contribution in [2.24, 2.45) is 35.5 Å². The molecule has 0 heterocycles. The van der Waals surface area contributed by atoms with E-state index in [0.29, 0.717) is 0 Å². The third kappa shape index (κ3) is 4.31. The van der Waals surface area contributed by atoms with Crippen molar-refractivity contribution in [2.75, 3.05) is 5.75 Å². The molecule has 0 aromatic heterocycles. The molecule has 0 amide bonds. The zero-order chi connectivity index (χ0) is 12.9. The van der Waals surface area contributed by atoms with E-state index in [9.17, 15) is 0 Å². The fraction of sp³-hybridized carbons (Fsp3) is 1.00. The highest BCUT2D eigenvalue weighted by Gasteiger charge is 2.33. The molecule has 16 heavy (non-hydrogen) atoms. The van der Waals surface area contributed by atoms with Crippen LogP contribution in [0.1, 0.15) is 54.9 Å². The monoisotopic (exact) mass is 244 g/mol. The molecule has 0 spiro atoms. The lowest BCUT2D eigenvalue weighted by atomic mass is 9.67. The summed E-state index contributed by atoms with van der Waals surface area (Å²) in [6.45, 7) is 16.6. The van der Waals surface area contributed by atoms with Crippen molar-refractivity contribution in [1.82, 2.24) is 0 Å². The zero-order valence-electron chi connectivity index (χ0n) is 12.3. The average Bonchev–Trinajstić information content (AvgIpc) is 2.16. The van der Waals surface area contributed by atoms with Crippen molar-refractivity contribution in [3.8, 4) is 0 Å². The van der Waals surface area contributed by atoms with Gasteiger partial charge in [-0.15, -0.1) is 0 Å². The maximum absolute atomic E-state index is 4.59. The Kier molecular flexibility index (Phi) is 7.80. The molecule has 0 nitrogen and oxygen atoms in total. The molecule has 0 saturated carbocycles. The van der Waals surface area contributed by atoms with Gasteiger partial charge in [0.15, 0.2) is 0 Å². The Balaban J connectivity index is 4.95. The molecule has 0 aliphatic heterocycles. The van der Waals surface area contributed by atoms with E-state index in [2.05, 4.69) is 61.1 Å². The van der Waals surface area contributed by atoms with Gasteiger partial charge in [-0.3, -0.25) is 0 Å². The van der Waals surface area contributed by atoms with Gasteiger partial charge in [-0.05, 0) is 41.3 Å². The van der Waals surface area contributed by atoms with Crippen LogP contribution in [0.25, 0.3) is 0 Å². The average molecular weight is 244 g/mol. The highest BCUT2D eigenvalue weighted by molar-refractivity contribution is 7.80. The standard InChI is InChI=1S/C15H32S/c1-8-13(10(2)3)15(12(6)7)14(9-16)11(4)5/h10-16H,8-9H2,1-7H3. The van der Waals surface area contributed by atoms with Gasteiger partial charge in [0.1, 0.15) is 0 Å². The summed E-state index contributed by atoms with van der Waals surface area (Å²) < 4.78 is 0. The third-order valence-corrected chi connectivity index (χ3v) is 4.58. The van der Waals surface area contributed by atoms with Crippen molar-refractivity contribution < 1.29 is 0 Å². The van der Waals surface area contributed by atoms with Gasteiger partial charge in [0.25, 0.3) is 0 Å². The minimum absolute atomic E-state index is 0.748. The fourth-order valence-corrected chi connectivity index (χ4v) is 3.94. The van der Waals surface area contributed by atoms with Crippen LogP contribution in [-0.2, 0) is 0 Å². The Morgan fingerprint density at radius 2 is 1.19 bits per heavy atom. The van der Waals surface area contributed by atoms with E-state index in [1.807, 2.05) is 0 Å². The Morgan fingerprint density at radius 3 is 1.38 bits per heavy atom. The number of thiol groups is 1. The largest absolute Gasteiger partial charge is 0.179 e. The quantitative estimate of drug-likeness (QED) is 0.589. The van der Waals surface area contributed by atoms with Crippen LogP contribution in [0.15, 0.2) is 0 Å². The molecule has 0 N–H and O–H groups in total. The molecule has 0 saturated heterocycles. The van der Waals surface area contributed by atoms with Crippen molar-refractivity contribution in [2.45, 2.75) is 54.9 Å². The topological polar surface area (TPSA) is 0 Å². The smallest absolute Gasteiger partial charge is 0.00642 e. The zero-order valence-corrected chi connectivity index (χ0v) is 13.2. The first-order valence-electron chi connectivity index (χ1n) is 6.97. The van der Waals surface area contributed by atoms with Crippen LogP contribution in [0.5, 0.6) is 0 Å². The van der Waals surface area contributed by atoms with Crippen LogP contribution in [0.3, 0.4) is 0 Å². The van der Waals surface area contributed by atoms with Crippen LogP contribution < -0.4 is 0 Å². The van der Waals surface area contributed by atoms with Crippen molar-refractivity contribution in [1.29, 1.82) is 0 Å². The van der Waals surface area contributed by atoms with Gasteiger partial charge in [-0.1, -0.05) is 54.9 Å². The lowest BCUT2D eigenvalue weighted by molar-refractivity contribution is 0.106. The molecule has 3 atom stereocenters. The maximum atomic E-state index is 4.59. The summed E-state index contributed by atoms with van der Waals surface area (Å²) in [4.78, 5) is 0. The number of hydrogen-bond donors (Lipinski definition) is 1. The molecular formula is C15H32S. The van der Waals surface area contributed by atoms with Gasteiger partial charge in [0.05, 0.1) is 0 Å². The molecule has 0 fully saturated rings.